The number of fused-ring (bicyclic) bond motifs is 3. The monoisotopic (exact) mass is 406 g/mol. The fraction of sp³-hybridized carbons (Fsp3) is 0.368. The van der Waals surface area contributed by atoms with Gasteiger partial charge in [-0.1, -0.05) is 23.9 Å². The van der Waals surface area contributed by atoms with E-state index >= 15 is 0 Å². The number of hydrogen-bond donors (Lipinski definition) is 2. The van der Waals surface area contributed by atoms with Crippen LogP contribution in [0.4, 0.5) is 4.39 Å². The second-order valence-electron chi connectivity index (χ2n) is 6.47. The number of aromatic nitrogens is 2. The number of halogens is 1. The molecule has 0 unspecified atom stereocenters. The number of thiophene rings is 1. The van der Waals surface area contributed by atoms with E-state index in [1.807, 2.05) is 0 Å². The largest absolute Gasteiger partial charge is 0.488 e. The highest BCUT2D eigenvalue weighted by Gasteiger charge is 2.20. The zero-order valence-corrected chi connectivity index (χ0v) is 16.2. The molecule has 2 aromatic heterocycles. The minimum atomic E-state index is -0.813. The number of aliphatic hydroxyl groups is 1. The first-order chi connectivity index (χ1) is 13.1. The van der Waals surface area contributed by atoms with Gasteiger partial charge in [0.05, 0.1) is 11.5 Å². The van der Waals surface area contributed by atoms with Crippen LogP contribution in [0.25, 0.3) is 10.2 Å². The number of ether oxygens (including phenoxy) is 1. The molecule has 2 N–H and O–H groups in total. The number of nitrogens with zero attached hydrogens (tertiary/aromatic N) is 1. The molecule has 0 spiro atoms. The predicted molar refractivity (Wildman–Crippen MR) is 106 cm³/mol. The number of H-pyrrole nitrogens is 1. The minimum Gasteiger partial charge on any atom is -0.488 e. The third-order valence-corrected chi connectivity index (χ3v) is 6.69. The summed E-state index contributed by atoms with van der Waals surface area (Å²) in [6.07, 6.45) is 3.42. The minimum absolute atomic E-state index is 0.0340. The van der Waals surface area contributed by atoms with Gasteiger partial charge in [0.15, 0.2) is 16.7 Å². The summed E-state index contributed by atoms with van der Waals surface area (Å²) in [5, 5.41) is 11.3. The molecule has 4 rings (SSSR count). The molecule has 0 fully saturated rings. The molecule has 8 heteroatoms. The fourth-order valence-corrected chi connectivity index (χ4v) is 5.27. The van der Waals surface area contributed by atoms with Crippen molar-refractivity contribution in [3.05, 3.63) is 50.9 Å². The molecule has 142 valence electrons. The van der Waals surface area contributed by atoms with Crippen LogP contribution in [0.2, 0.25) is 0 Å². The molecule has 1 atom stereocenters. The number of aliphatic hydroxyl groups excluding tert-OH is 1. The van der Waals surface area contributed by atoms with Crippen molar-refractivity contribution in [3.8, 4) is 5.75 Å². The molecule has 0 aliphatic heterocycles. The molecule has 3 aromatic rings. The molecule has 1 aliphatic rings. The number of hydrogen-bond acceptors (Lipinski definition) is 6. The number of para-hydroxylation sites is 1. The molecule has 0 saturated carbocycles. The Kier molecular flexibility index (Phi) is 5.47. The first-order valence-corrected chi connectivity index (χ1v) is 10.6. The van der Waals surface area contributed by atoms with Crippen LogP contribution in [0.3, 0.4) is 0 Å². The van der Waals surface area contributed by atoms with Crippen LogP contribution >= 0.6 is 23.1 Å². The fourth-order valence-electron chi connectivity index (χ4n) is 3.18. The summed E-state index contributed by atoms with van der Waals surface area (Å²) in [5.74, 6) is -0.0670. The summed E-state index contributed by atoms with van der Waals surface area (Å²) < 4.78 is 18.8. The summed E-state index contributed by atoms with van der Waals surface area (Å²) >= 11 is 2.86. The average molecular weight is 407 g/mol. The van der Waals surface area contributed by atoms with Gasteiger partial charge in [0.25, 0.3) is 5.56 Å². The highest BCUT2D eigenvalue weighted by molar-refractivity contribution is 7.99. The molecule has 2 heterocycles. The summed E-state index contributed by atoms with van der Waals surface area (Å²) in [6.45, 7) is -0.0340. The molecule has 0 radical (unpaired) electrons. The van der Waals surface area contributed by atoms with E-state index in [9.17, 15) is 14.3 Å². The van der Waals surface area contributed by atoms with Gasteiger partial charge >= 0.3 is 0 Å². The maximum Gasteiger partial charge on any atom is 0.260 e. The second-order valence-corrected chi connectivity index (χ2v) is 8.56. The molecular weight excluding hydrogens is 387 g/mol. The molecular formula is C19H19FN2O3S2. The molecule has 0 bridgehead atoms. The predicted octanol–water partition coefficient (Wildman–Crippen LogP) is 3.53. The van der Waals surface area contributed by atoms with Gasteiger partial charge in [-0.3, -0.25) is 4.79 Å². The number of nitrogens with one attached hydrogen (secondary N) is 1. The van der Waals surface area contributed by atoms with Crippen molar-refractivity contribution in [1.29, 1.82) is 0 Å². The maximum absolute atomic E-state index is 13.5. The Hall–Kier alpha value is -1.90. The molecule has 1 aliphatic carbocycles. The van der Waals surface area contributed by atoms with Crippen LogP contribution in [0, 0.1) is 5.82 Å². The van der Waals surface area contributed by atoms with Gasteiger partial charge in [-0.2, -0.15) is 0 Å². The number of rotatable bonds is 6. The van der Waals surface area contributed by atoms with E-state index in [0.717, 1.165) is 41.5 Å². The van der Waals surface area contributed by atoms with Gasteiger partial charge in [-0.05, 0) is 43.4 Å². The van der Waals surface area contributed by atoms with E-state index in [4.69, 9.17) is 4.74 Å². The van der Waals surface area contributed by atoms with Crippen molar-refractivity contribution in [3.63, 3.8) is 0 Å². The number of thioether (sulfide) groups is 1. The first-order valence-electron chi connectivity index (χ1n) is 8.84. The first kappa shape index (κ1) is 18.5. The lowest BCUT2D eigenvalue weighted by atomic mass is 9.97. The maximum atomic E-state index is 13.5. The normalized spacial score (nSPS) is 14.9. The quantitative estimate of drug-likeness (QED) is 0.484. The zero-order valence-electron chi connectivity index (χ0n) is 14.5. The van der Waals surface area contributed by atoms with Gasteiger partial charge in [-0.25, -0.2) is 9.37 Å². The SMILES string of the molecule is O=c1[nH]c(SC[C@@H](O)COc2ccccc2F)nc2sc3c(c12)CCCC3. The lowest BCUT2D eigenvalue weighted by Crippen LogP contribution is -2.21. The third kappa shape index (κ3) is 4.02. The molecule has 5 nitrogen and oxygen atoms in total. The Balaban J connectivity index is 1.41. The van der Waals surface area contributed by atoms with Crippen molar-refractivity contribution >= 4 is 33.3 Å². The van der Waals surface area contributed by atoms with Gasteiger partial charge in [-0.15, -0.1) is 11.3 Å². The van der Waals surface area contributed by atoms with Crippen LogP contribution < -0.4 is 10.3 Å². The Morgan fingerprint density at radius 1 is 1.33 bits per heavy atom. The van der Waals surface area contributed by atoms with Crippen LogP contribution in [0.15, 0.2) is 34.2 Å². The Bertz CT molecular complexity index is 1020. The zero-order chi connectivity index (χ0) is 18.8. The van der Waals surface area contributed by atoms with Gasteiger partial charge in [0.2, 0.25) is 0 Å². The third-order valence-electron chi connectivity index (χ3n) is 4.48. The van der Waals surface area contributed by atoms with E-state index in [1.54, 1.807) is 23.5 Å². The topological polar surface area (TPSA) is 75.2 Å². The van der Waals surface area contributed by atoms with E-state index in [2.05, 4.69) is 9.97 Å². The van der Waals surface area contributed by atoms with Crippen molar-refractivity contribution in [2.24, 2.45) is 0 Å². The lowest BCUT2D eigenvalue weighted by Gasteiger charge is -2.12. The van der Waals surface area contributed by atoms with Crippen molar-refractivity contribution < 1.29 is 14.2 Å². The number of aryl methyl sites for hydroxylation is 2. The highest BCUT2D eigenvalue weighted by Crippen LogP contribution is 2.34. The van der Waals surface area contributed by atoms with E-state index in [-0.39, 0.29) is 23.7 Å². The average Bonchev–Trinajstić information content (AvgIpc) is 3.04. The van der Waals surface area contributed by atoms with Crippen molar-refractivity contribution in [2.75, 3.05) is 12.4 Å². The van der Waals surface area contributed by atoms with Crippen LogP contribution in [-0.4, -0.2) is 33.5 Å². The lowest BCUT2D eigenvalue weighted by molar-refractivity contribution is 0.123. The van der Waals surface area contributed by atoms with Crippen LogP contribution in [0.5, 0.6) is 5.75 Å². The van der Waals surface area contributed by atoms with E-state index < -0.39 is 11.9 Å². The van der Waals surface area contributed by atoms with E-state index in [0.29, 0.717) is 5.16 Å². The van der Waals surface area contributed by atoms with Gasteiger partial charge < -0.3 is 14.8 Å². The number of benzene rings is 1. The Morgan fingerprint density at radius 2 is 2.15 bits per heavy atom. The van der Waals surface area contributed by atoms with E-state index in [1.165, 1.54) is 28.8 Å². The highest BCUT2D eigenvalue weighted by atomic mass is 32.2. The Morgan fingerprint density at radius 3 is 3.00 bits per heavy atom. The summed E-state index contributed by atoms with van der Waals surface area (Å²) in [7, 11) is 0. The summed E-state index contributed by atoms with van der Waals surface area (Å²) in [6, 6.07) is 6.07. The van der Waals surface area contributed by atoms with Gasteiger partial charge in [0.1, 0.15) is 11.4 Å². The van der Waals surface area contributed by atoms with Gasteiger partial charge in [0, 0.05) is 10.6 Å². The van der Waals surface area contributed by atoms with Crippen molar-refractivity contribution in [2.45, 2.75) is 36.9 Å². The molecule has 1 aromatic carbocycles. The number of aromatic amines is 1. The molecule has 0 amide bonds. The van der Waals surface area contributed by atoms with Crippen LogP contribution in [0.1, 0.15) is 23.3 Å². The van der Waals surface area contributed by atoms with Crippen LogP contribution in [-0.2, 0) is 12.8 Å². The molecule has 0 saturated heterocycles. The Labute approximate surface area is 163 Å². The molecule has 27 heavy (non-hydrogen) atoms. The summed E-state index contributed by atoms with van der Waals surface area (Å²) in [4.78, 5) is 21.9. The second kappa shape index (κ2) is 8.00. The standard InChI is InChI=1S/C19H19FN2O3S2/c20-13-6-2-3-7-14(13)25-9-11(23)10-26-19-21-17(24)16-12-5-1-4-8-15(12)27-18(16)22-19/h2-3,6-7,11,23H,1,4-5,8-10H2,(H,21,22,24)/t11-/m0/s1. The summed E-state index contributed by atoms with van der Waals surface area (Å²) in [5.41, 5.74) is 1.05. The van der Waals surface area contributed by atoms with Crippen molar-refractivity contribution in [1.82, 2.24) is 9.97 Å². The smallest absolute Gasteiger partial charge is 0.260 e.